The van der Waals surface area contributed by atoms with Crippen molar-refractivity contribution in [1.82, 2.24) is 10.3 Å². The largest absolute Gasteiger partial charge is 0.476 e. The summed E-state index contributed by atoms with van der Waals surface area (Å²) in [4.78, 5) is 4.15. The third-order valence-electron chi connectivity index (χ3n) is 3.75. The summed E-state index contributed by atoms with van der Waals surface area (Å²) in [5.74, 6) is 0.219. The van der Waals surface area contributed by atoms with Gasteiger partial charge in [0.1, 0.15) is 5.75 Å². The molecule has 3 nitrogen and oxygen atoms in total. The van der Waals surface area contributed by atoms with Crippen LogP contribution < -0.4 is 10.1 Å². The van der Waals surface area contributed by atoms with Crippen LogP contribution in [0.5, 0.6) is 5.75 Å². The summed E-state index contributed by atoms with van der Waals surface area (Å²) >= 11 is 0. The molecule has 1 aromatic heterocycles. The van der Waals surface area contributed by atoms with Gasteiger partial charge in [-0.05, 0) is 43.7 Å². The highest BCUT2D eigenvalue weighted by Crippen LogP contribution is 2.39. The van der Waals surface area contributed by atoms with Crippen molar-refractivity contribution in [3.8, 4) is 5.75 Å². The van der Waals surface area contributed by atoms with E-state index >= 15 is 0 Å². The Hall–Kier alpha value is -1.82. The number of piperidine rings is 1. The second-order valence-electron chi connectivity index (χ2n) is 5.23. The van der Waals surface area contributed by atoms with E-state index in [0.29, 0.717) is 13.0 Å². The Kier molecular flexibility index (Phi) is 3.49. The van der Waals surface area contributed by atoms with E-state index in [9.17, 15) is 13.2 Å². The molecule has 0 amide bonds. The minimum Gasteiger partial charge on any atom is -0.476 e. The highest BCUT2D eigenvalue weighted by Gasteiger charge is 2.57. The lowest BCUT2D eigenvalue weighted by Crippen LogP contribution is -2.59. The Morgan fingerprint density at radius 2 is 2.10 bits per heavy atom. The predicted molar refractivity (Wildman–Crippen MR) is 73.3 cm³/mol. The fourth-order valence-corrected chi connectivity index (χ4v) is 2.61. The van der Waals surface area contributed by atoms with Crippen LogP contribution in [0, 0.1) is 0 Å². The van der Waals surface area contributed by atoms with E-state index in [4.69, 9.17) is 4.74 Å². The van der Waals surface area contributed by atoms with Gasteiger partial charge in [-0.2, -0.15) is 13.2 Å². The number of halogens is 3. The Bertz CT molecular complexity index is 636. The molecule has 2 heterocycles. The van der Waals surface area contributed by atoms with Gasteiger partial charge in [-0.25, -0.2) is 0 Å². The molecule has 21 heavy (non-hydrogen) atoms. The van der Waals surface area contributed by atoms with Crippen LogP contribution in [0.2, 0.25) is 0 Å². The predicted octanol–water partition coefficient (Wildman–Crippen LogP) is 3.30. The fraction of sp³-hybridized carbons (Fsp3) is 0.400. The van der Waals surface area contributed by atoms with Gasteiger partial charge in [0.05, 0.1) is 5.52 Å². The first-order chi connectivity index (χ1) is 10.0. The maximum Gasteiger partial charge on any atom is 0.429 e. The van der Waals surface area contributed by atoms with E-state index in [2.05, 4.69) is 10.3 Å². The molecular formula is C15H15F3N2O. The first kappa shape index (κ1) is 14.1. The zero-order valence-electron chi connectivity index (χ0n) is 11.3. The molecule has 1 aliphatic rings. The van der Waals surface area contributed by atoms with Crippen LogP contribution >= 0.6 is 0 Å². The van der Waals surface area contributed by atoms with Crippen molar-refractivity contribution in [2.75, 3.05) is 13.1 Å². The van der Waals surface area contributed by atoms with Crippen LogP contribution in [0.4, 0.5) is 13.2 Å². The molecule has 0 bridgehead atoms. The second-order valence-corrected chi connectivity index (χ2v) is 5.23. The number of hydrogen-bond acceptors (Lipinski definition) is 3. The molecule has 1 saturated heterocycles. The Morgan fingerprint density at radius 1 is 1.24 bits per heavy atom. The highest BCUT2D eigenvalue weighted by atomic mass is 19.4. The van der Waals surface area contributed by atoms with Crippen LogP contribution in [-0.2, 0) is 0 Å². The fourth-order valence-electron chi connectivity index (χ4n) is 2.61. The normalized spacial score (nSPS) is 23.2. The molecule has 112 valence electrons. The van der Waals surface area contributed by atoms with E-state index in [0.717, 1.165) is 10.9 Å². The van der Waals surface area contributed by atoms with Gasteiger partial charge in [0.25, 0.3) is 0 Å². The number of nitrogens with one attached hydrogen (secondary N) is 1. The summed E-state index contributed by atoms with van der Waals surface area (Å²) < 4.78 is 45.7. The summed E-state index contributed by atoms with van der Waals surface area (Å²) in [5.41, 5.74) is -1.42. The number of fused-ring (bicyclic) bond motifs is 1. The number of hydrogen-bond donors (Lipinski definition) is 1. The number of aromatic nitrogens is 1. The summed E-state index contributed by atoms with van der Waals surface area (Å²) in [6.45, 7) is 0.365. The SMILES string of the molecule is FC(F)(F)C1(Oc2ccc3ncccc3c2)CCCNC1. The zero-order chi connectivity index (χ0) is 14.9. The second kappa shape index (κ2) is 5.18. The van der Waals surface area contributed by atoms with Crippen LogP contribution in [-0.4, -0.2) is 29.9 Å². The van der Waals surface area contributed by atoms with Crippen molar-refractivity contribution in [3.63, 3.8) is 0 Å². The maximum atomic E-state index is 13.4. The minimum atomic E-state index is -4.41. The Balaban J connectivity index is 1.94. The van der Waals surface area contributed by atoms with Crippen molar-refractivity contribution in [2.45, 2.75) is 24.6 Å². The molecule has 1 fully saturated rings. The van der Waals surface area contributed by atoms with E-state index in [-0.39, 0.29) is 18.7 Å². The van der Waals surface area contributed by atoms with Gasteiger partial charge in [-0.1, -0.05) is 6.07 Å². The first-order valence-corrected chi connectivity index (χ1v) is 6.81. The third kappa shape index (κ3) is 2.68. The van der Waals surface area contributed by atoms with Crippen molar-refractivity contribution < 1.29 is 17.9 Å². The average molecular weight is 296 g/mol. The molecular weight excluding hydrogens is 281 g/mol. The van der Waals surface area contributed by atoms with Crippen molar-refractivity contribution in [2.24, 2.45) is 0 Å². The molecule has 1 aliphatic heterocycles. The summed E-state index contributed by atoms with van der Waals surface area (Å²) in [5, 5.41) is 3.54. The van der Waals surface area contributed by atoms with Crippen LogP contribution in [0.25, 0.3) is 10.9 Å². The lowest BCUT2D eigenvalue weighted by molar-refractivity contribution is -0.252. The van der Waals surface area contributed by atoms with E-state index < -0.39 is 11.8 Å². The van der Waals surface area contributed by atoms with Gasteiger partial charge >= 0.3 is 6.18 Å². The number of rotatable bonds is 2. The number of pyridine rings is 1. The molecule has 1 aromatic carbocycles. The quantitative estimate of drug-likeness (QED) is 0.923. The summed E-state index contributed by atoms with van der Waals surface area (Å²) in [6.07, 6.45) is -2.36. The first-order valence-electron chi connectivity index (χ1n) is 6.81. The lowest BCUT2D eigenvalue weighted by Gasteiger charge is -2.39. The van der Waals surface area contributed by atoms with Crippen molar-refractivity contribution in [1.29, 1.82) is 0 Å². The molecule has 3 rings (SSSR count). The molecule has 6 heteroatoms. The van der Waals surface area contributed by atoms with Gasteiger partial charge < -0.3 is 10.1 Å². The monoisotopic (exact) mass is 296 g/mol. The van der Waals surface area contributed by atoms with Crippen LogP contribution in [0.3, 0.4) is 0 Å². The van der Waals surface area contributed by atoms with Crippen LogP contribution in [0.15, 0.2) is 36.5 Å². The van der Waals surface area contributed by atoms with E-state index in [1.54, 1.807) is 30.5 Å². The zero-order valence-corrected chi connectivity index (χ0v) is 11.3. The topological polar surface area (TPSA) is 34.1 Å². The van der Waals surface area contributed by atoms with E-state index in [1.165, 1.54) is 6.07 Å². The average Bonchev–Trinajstić information content (AvgIpc) is 2.47. The molecule has 1 N–H and O–H groups in total. The molecule has 2 aromatic rings. The molecule has 0 saturated carbocycles. The number of alkyl halides is 3. The minimum absolute atomic E-state index is 0.0332. The Labute approximate surface area is 120 Å². The highest BCUT2D eigenvalue weighted by molar-refractivity contribution is 5.79. The number of nitrogens with zero attached hydrogens (tertiary/aromatic N) is 1. The van der Waals surface area contributed by atoms with Gasteiger partial charge in [-0.15, -0.1) is 0 Å². The summed E-state index contributed by atoms with van der Waals surface area (Å²) in [7, 11) is 0. The number of benzene rings is 1. The number of ether oxygens (including phenoxy) is 1. The van der Waals surface area contributed by atoms with Crippen LogP contribution in [0.1, 0.15) is 12.8 Å². The van der Waals surface area contributed by atoms with Gasteiger partial charge in [0, 0.05) is 18.1 Å². The van der Waals surface area contributed by atoms with Gasteiger partial charge in [0.2, 0.25) is 5.60 Å². The van der Waals surface area contributed by atoms with Crippen molar-refractivity contribution in [3.05, 3.63) is 36.5 Å². The van der Waals surface area contributed by atoms with Gasteiger partial charge in [-0.3, -0.25) is 4.98 Å². The Morgan fingerprint density at radius 3 is 2.81 bits per heavy atom. The molecule has 0 aliphatic carbocycles. The molecule has 0 spiro atoms. The molecule has 0 radical (unpaired) electrons. The lowest BCUT2D eigenvalue weighted by atomic mass is 9.93. The standard InChI is InChI=1S/C15H15F3N2O/c16-15(17,18)14(6-2-7-19-10-14)21-12-4-5-13-11(9-12)3-1-8-20-13/h1,3-5,8-9,19H,2,6-7,10H2. The third-order valence-corrected chi connectivity index (χ3v) is 3.75. The molecule has 1 unspecified atom stereocenters. The maximum absolute atomic E-state index is 13.4. The smallest absolute Gasteiger partial charge is 0.429 e. The molecule has 1 atom stereocenters. The van der Waals surface area contributed by atoms with Gasteiger partial charge in [0.15, 0.2) is 0 Å². The van der Waals surface area contributed by atoms with Crippen molar-refractivity contribution >= 4 is 10.9 Å². The van der Waals surface area contributed by atoms with E-state index in [1.807, 2.05) is 0 Å². The summed E-state index contributed by atoms with van der Waals surface area (Å²) in [6, 6.07) is 8.36.